The zero-order valence-corrected chi connectivity index (χ0v) is 20.2. The van der Waals surface area contributed by atoms with E-state index >= 15 is 0 Å². The number of methoxy groups -OCH3 is 2. The van der Waals surface area contributed by atoms with Gasteiger partial charge in [0.25, 0.3) is 0 Å². The van der Waals surface area contributed by atoms with Crippen LogP contribution in [0.2, 0.25) is 5.02 Å². The quantitative estimate of drug-likeness (QED) is 0.326. The Bertz CT molecular complexity index is 1370. The standard InChI is InChI=1S/C25H23ClN2O5S/c1-31-21-13-8-17(16-22(21)32-2)14-15-27-24-25(28-23(33-24)18-6-4-3-5-7-18)34(29,30)20-11-9-19(26)10-12-20/h3-13,16,27H,14-15H2,1-2H3. The van der Waals surface area contributed by atoms with Crippen LogP contribution < -0.4 is 14.8 Å². The predicted octanol–water partition coefficient (Wildman–Crippen LogP) is 5.50. The Hall–Kier alpha value is -3.49. The Labute approximate surface area is 203 Å². The number of hydrogen-bond donors (Lipinski definition) is 1. The molecule has 176 valence electrons. The summed E-state index contributed by atoms with van der Waals surface area (Å²) in [6, 6.07) is 20.7. The van der Waals surface area contributed by atoms with Crippen LogP contribution in [0.3, 0.4) is 0 Å². The molecule has 0 spiro atoms. The first-order valence-electron chi connectivity index (χ1n) is 10.4. The molecule has 0 bridgehead atoms. The van der Waals surface area contributed by atoms with Gasteiger partial charge in [0.15, 0.2) is 11.5 Å². The van der Waals surface area contributed by atoms with Crippen molar-refractivity contribution in [3.05, 3.63) is 83.4 Å². The van der Waals surface area contributed by atoms with Gasteiger partial charge in [0.05, 0.1) is 19.1 Å². The van der Waals surface area contributed by atoms with Crippen LogP contribution in [0, 0.1) is 0 Å². The summed E-state index contributed by atoms with van der Waals surface area (Å²) < 4.78 is 43.2. The van der Waals surface area contributed by atoms with Gasteiger partial charge in [-0.15, -0.1) is 0 Å². The molecule has 0 aliphatic carbocycles. The fraction of sp³-hybridized carbons (Fsp3) is 0.160. The smallest absolute Gasteiger partial charge is 0.233 e. The van der Waals surface area contributed by atoms with E-state index in [0.29, 0.717) is 35.1 Å². The molecule has 0 aliphatic heterocycles. The highest BCUT2D eigenvalue weighted by atomic mass is 35.5. The number of benzene rings is 3. The minimum absolute atomic E-state index is 0.0766. The van der Waals surface area contributed by atoms with Gasteiger partial charge in [-0.25, -0.2) is 8.42 Å². The predicted molar refractivity (Wildman–Crippen MR) is 131 cm³/mol. The zero-order chi connectivity index (χ0) is 24.1. The van der Waals surface area contributed by atoms with Crippen molar-refractivity contribution in [1.29, 1.82) is 0 Å². The summed E-state index contributed by atoms with van der Waals surface area (Å²) in [5, 5.41) is 3.36. The average molecular weight is 499 g/mol. The highest BCUT2D eigenvalue weighted by Crippen LogP contribution is 2.33. The Morgan fingerprint density at radius 3 is 2.32 bits per heavy atom. The normalized spacial score (nSPS) is 11.3. The van der Waals surface area contributed by atoms with Gasteiger partial charge in [-0.3, -0.25) is 0 Å². The summed E-state index contributed by atoms with van der Waals surface area (Å²) in [6.45, 7) is 0.405. The molecule has 0 amide bonds. The molecule has 1 heterocycles. The number of rotatable bonds is 9. The summed E-state index contributed by atoms with van der Waals surface area (Å²) in [5.41, 5.74) is 1.65. The van der Waals surface area contributed by atoms with Crippen LogP contribution in [0.5, 0.6) is 11.5 Å². The molecule has 34 heavy (non-hydrogen) atoms. The molecule has 0 aliphatic rings. The lowest BCUT2D eigenvalue weighted by molar-refractivity contribution is 0.354. The lowest BCUT2D eigenvalue weighted by atomic mass is 10.1. The molecule has 1 N–H and O–H groups in total. The van der Waals surface area contributed by atoms with E-state index in [-0.39, 0.29) is 21.7 Å². The molecule has 0 atom stereocenters. The van der Waals surface area contributed by atoms with Crippen LogP contribution in [-0.4, -0.2) is 34.2 Å². The summed E-state index contributed by atoms with van der Waals surface area (Å²) in [4.78, 5) is 4.42. The Kier molecular flexibility index (Phi) is 7.09. The van der Waals surface area contributed by atoms with E-state index in [1.54, 1.807) is 26.4 Å². The largest absolute Gasteiger partial charge is 0.493 e. The molecule has 0 saturated heterocycles. The van der Waals surface area contributed by atoms with Crippen LogP contribution in [-0.2, 0) is 16.3 Å². The number of nitrogens with zero attached hydrogens (tertiary/aromatic N) is 1. The highest BCUT2D eigenvalue weighted by molar-refractivity contribution is 7.91. The van der Waals surface area contributed by atoms with E-state index in [4.69, 9.17) is 25.5 Å². The first kappa shape index (κ1) is 23.7. The molecule has 4 rings (SSSR count). The van der Waals surface area contributed by atoms with E-state index in [2.05, 4.69) is 10.3 Å². The van der Waals surface area contributed by atoms with Gasteiger partial charge in [0, 0.05) is 17.1 Å². The monoisotopic (exact) mass is 498 g/mol. The average Bonchev–Trinajstić information content (AvgIpc) is 3.30. The van der Waals surface area contributed by atoms with Crippen LogP contribution >= 0.6 is 11.6 Å². The highest BCUT2D eigenvalue weighted by Gasteiger charge is 2.28. The molecular weight excluding hydrogens is 476 g/mol. The maximum Gasteiger partial charge on any atom is 0.233 e. The van der Waals surface area contributed by atoms with Crippen molar-refractivity contribution in [3.63, 3.8) is 0 Å². The maximum absolute atomic E-state index is 13.4. The molecule has 3 aromatic carbocycles. The van der Waals surface area contributed by atoms with Crippen molar-refractivity contribution in [3.8, 4) is 23.0 Å². The SMILES string of the molecule is COc1ccc(CCNc2oc(-c3ccccc3)nc2S(=O)(=O)c2ccc(Cl)cc2)cc1OC. The second-order valence-electron chi connectivity index (χ2n) is 7.34. The molecule has 7 nitrogen and oxygen atoms in total. The van der Waals surface area contributed by atoms with E-state index in [1.807, 2.05) is 36.4 Å². The van der Waals surface area contributed by atoms with Gasteiger partial charge in [0.1, 0.15) is 0 Å². The Morgan fingerprint density at radius 1 is 0.941 bits per heavy atom. The topological polar surface area (TPSA) is 90.7 Å². The third kappa shape index (κ3) is 5.03. The van der Waals surface area contributed by atoms with Crippen molar-refractivity contribution in [2.24, 2.45) is 0 Å². The third-order valence-electron chi connectivity index (χ3n) is 5.14. The lowest BCUT2D eigenvalue weighted by Gasteiger charge is -2.10. The van der Waals surface area contributed by atoms with Crippen LogP contribution in [0.25, 0.3) is 11.5 Å². The van der Waals surface area contributed by atoms with Crippen molar-refractivity contribution in [2.75, 3.05) is 26.1 Å². The van der Waals surface area contributed by atoms with E-state index in [0.717, 1.165) is 5.56 Å². The summed E-state index contributed by atoms with van der Waals surface area (Å²) in [7, 11) is -0.795. The molecule has 9 heteroatoms. The third-order valence-corrected chi connectivity index (χ3v) is 7.07. The maximum atomic E-state index is 13.4. The van der Waals surface area contributed by atoms with E-state index in [1.165, 1.54) is 24.3 Å². The number of anilines is 1. The molecule has 0 saturated carbocycles. The summed E-state index contributed by atoms with van der Waals surface area (Å²) in [5.74, 6) is 1.55. The number of sulfone groups is 1. The van der Waals surface area contributed by atoms with Gasteiger partial charge in [-0.1, -0.05) is 35.9 Å². The van der Waals surface area contributed by atoms with Gasteiger partial charge in [-0.2, -0.15) is 4.98 Å². The number of aromatic nitrogens is 1. The minimum atomic E-state index is -3.95. The molecule has 0 unspecified atom stereocenters. The first-order chi connectivity index (χ1) is 16.4. The molecule has 0 fully saturated rings. The minimum Gasteiger partial charge on any atom is -0.493 e. The number of halogens is 1. The Balaban J connectivity index is 1.63. The second-order valence-corrected chi connectivity index (χ2v) is 9.64. The van der Waals surface area contributed by atoms with Crippen LogP contribution in [0.4, 0.5) is 5.88 Å². The summed E-state index contributed by atoms with van der Waals surface area (Å²) in [6.07, 6.45) is 0.585. The van der Waals surface area contributed by atoms with Crippen molar-refractivity contribution in [1.82, 2.24) is 4.98 Å². The van der Waals surface area contributed by atoms with Crippen LogP contribution in [0.1, 0.15) is 5.56 Å². The van der Waals surface area contributed by atoms with Gasteiger partial charge in [0.2, 0.25) is 26.6 Å². The van der Waals surface area contributed by atoms with Gasteiger partial charge < -0.3 is 19.2 Å². The second kappa shape index (κ2) is 10.2. The van der Waals surface area contributed by atoms with Gasteiger partial charge >= 0.3 is 0 Å². The Morgan fingerprint density at radius 2 is 1.65 bits per heavy atom. The molecular formula is C25H23ClN2O5S. The first-order valence-corrected chi connectivity index (χ1v) is 12.3. The van der Waals surface area contributed by atoms with E-state index < -0.39 is 9.84 Å². The molecule has 0 radical (unpaired) electrons. The fourth-order valence-electron chi connectivity index (χ4n) is 3.39. The van der Waals surface area contributed by atoms with Gasteiger partial charge in [-0.05, 0) is 60.5 Å². The molecule has 4 aromatic rings. The number of nitrogens with one attached hydrogen (secondary N) is 1. The zero-order valence-electron chi connectivity index (χ0n) is 18.6. The fourth-order valence-corrected chi connectivity index (χ4v) is 4.79. The summed E-state index contributed by atoms with van der Waals surface area (Å²) >= 11 is 5.93. The van der Waals surface area contributed by atoms with Crippen molar-refractivity contribution in [2.45, 2.75) is 16.3 Å². The number of hydrogen-bond acceptors (Lipinski definition) is 7. The van der Waals surface area contributed by atoms with Crippen LogP contribution in [0.15, 0.2) is 87.1 Å². The van der Waals surface area contributed by atoms with Crippen molar-refractivity contribution >= 4 is 27.3 Å². The number of ether oxygens (including phenoxy) is 2. The number of oxazole rings is 1. The molecule has 1 aromatic heterocycles. The van der Waals surface area contributed by atoms with E-state index in [9.17, 15) is 8.42 Å². The van der Waals surface area contributed by atoms with Crippen molar-refractivity contribution < 1.29 is 22.3 Å². The lowest BCUT2D eigenvalue weighted by Crippen LogP contribution is -2.10.